The molecule has 0 amide bonds. The second-order valence-electron chi connectivity index (χ2n) is 8.15. The zero-order valence-corrected chi connectivity index (χ0v) is 16.2. The van der Waals surface area contributed by atoms with Crippen molar-refractivity contribution in [3.63, 3.8) is 0 Å². The van der Waals surface area contributed by atoms with Crippen LogP contribution < -0.4 is 16.1 Å². The number of carboxylic acids is 1. The van der Waals surface area contributed by atoms with E-state index < -0.39 is 51.1 Å². The third-order valence-corrected chi connectivity index (χ3v) is 5.98. The molecule has 0 bridgehead atoms. The predicted octanol–water partition coefficient (Wildman–Crippen LogP) is 3.37. The largest absolute Gasteiger partial charge is 0.477 e. The van der Waals surface area contributed by atoms with E-state index in [1.807, 2.05) is 0 Å². The Balaban J connectivity index is 2.06. The van der Waals surface area contributed by atoms with Gasteiger partial charge in [0.2, 0.25) is 5.43 Å². The summed E-state index contributed by atoms with van der Waals surface area (Å²) in [4.78, 5) is 25.4. The topological polar surface area (TPSA) is 88.6 Å². The van der Waals surface area contributed by atoms with E-state index in [1.54, 1.807) is 6.92 Å². The number of nitrogens with two attached hydrogens (primary N) is 1. The fourth-order valence-corrected chi connectivity index (χ4v) is 4.27. The number of carbonyl (C=O) groups is 1. The van der Waals surface area contributed by atoms with Gasteiger partial charge >= 0.3 is 12.1 Å². The SMILES string of the molecule is CC(N)[C@@H]1CCN(c2c(F)cc3c(=O)c(C(=O)O)cn(C4CC4)c3c2C(F)(F)F)C1. The lowest BCUT2D eigenvalue weighted by Gasteiger charge is -2.27. The van der Waals surface area contributed by atoms with Gasteiger partial charge in [0.1, 0.15) is 16.9 Å². The monoisotopic (exact) mass is 427 g/mol. The Hall–Kier alpha value is -2.62. The summed E-state index contributed by atoms with van der Waals surface area (Å²) in [5.74, 6) is -2.84. The second-order valence-corrected chi connectivity index (χ2v) is 8.15. The molecule has 2 heterocycles. The van der Waals surface area contributed by atoms with E-state index in [1.165, 1.54) is 9.47 Å². The minimum Gasteiger partial charge on any atom is -0.477 e. The van der Waals surface area contributed by atoms with Gasteiger partial charge in [-0.3, -0.25) is 4.79 Å². The van der Waals surface area contributed by atoms with Crippen LogP contribution in [0.25, 0.3) is 10.9 Å². The Morgan fingerprint density at radius 2 is 1.97 bits per heavy atom. The van der Waals surface area contributed by atoms with Gasteiger partial charge in [0.25, 0.3) is 0 Å². The van der Waals surface area contributed by atoms with Crippen LogP contribution in [-0.4, -0.2) is 34.8 Å². The summed E-state index contributed by atoms with van der Waals surface area (Å²) in [6.07, 6.45) is -2.36. The predicted molar refractivity (Wildman–Crippen MR) is 102 cm³/mol. The highest BCUT2D eigenvalue weighted by atomic mass is 19.4. The molecule has 1 aromatic heterocycles. The summed E-state index contributed by atoms with van der Waals surface area (Å²) in [7, 11) is 0. The summed E-state index contributed by atoms with van der Waals surface area (Å²) >= 11 is 0. The number of anilines is 1. The zero-order chi connectivity index (χ0) is 22.0. The molecule has 3 N–H and O–H groups in total. The van der Waals surface area contributed by atoms with Crippen molar-refractivity contribution in [1.29, 1.82) is 0 Å². The van der Waals surface area contributed by atoms with Gasteiger partial charge in [-0.1, -0.05) is 0 Å². The first kappa shape index (κ1) is 20.6. The van der Waals surface area contributed by atoms with Crippen molar-refractivity contribution in [3.8, 4) is 0 Å². The molecule has 4 rings (SSSR count). The van der Waals surface area contributed by atoms with Gasteiger partial charge in [0.15, 0.2) is 0 Å². The van der Waals surface area contributed by atoms with E-state index in [2.05, 4.69) is 0 Å². The number of benzene rings is 1. The lowest BCUT2D eigenvalue weighted by molar-refractivity contribution is -0.136. The van der Waals surface area contributed by atoms with E-state index in [0.717, 1.165) is 12.3 Å². The highest BCUT2D eigenvalue weighted by Gasteiger charge is 2.43. The van der Waals surface area contributed by atoms with E-state index in [0.29, 0.717) is 19.3 Å². The van der Waals surface area contributed by atoms with Crippen molar-refractivity contribution < 1.29 is 27.5 Å². The normalized spacial score (nSPS) is 20.7. The number of carboxylic acid groups (broad SMARTS) is 1. The first-order valence-electron chi connectivity index (χ1n) is 9.73. The maximum Gasteiger partial charge on any atom is 0.420 e. The third-order valence-electron chi connectivity index (χ3n) is 5.98. The fraction of sp³-hybridized carbons (Fsp3) is 0.500. The number of fused-ring (bicyclic) bond motifs is 1. The van der Waals surface area contributed by atoms with Gasteiger partial charge in [-0.25, -0.2) is 9.18 Å². The van der Waals surface area contributed by atoms with Gasteiger partial charge in [0, 0.05) is 31.4 Å². The quantitative estimate of drug-likeness (QED) is 0.731. The molecule has 2 aromatic rings. The van der Waals surface area contributed by atoms with Crippen molar-refractivity contribution in [2.24, 2.45) is 11.7 Å². The Morgan fingerprint density at radius 3 is 2.47 bits per heavy atom. The Kier molecular flexibility index (Phi) is 4.80. The number of halogens is 4. The summed E-state index contributed by atoms with van der Waals surface area (Å²) in [5.41, 5.74) is 1.79. The van der Waals surface area contributed by atoms with E-state index in [4.69, 9.17) is 5.73 Å². The number of pyridine rings is 1. The van der Waals surface area contributed by atoms with Crippen molar-refractivity contribution in [2.75, 3.05) is 18.0 Å². The fourth-order valence-electron chi connectivity index (χ4n) is 4.27. The van der Waals surface area contributed by atoms with Gasteiger partial charge in [-0.15, -0.1) is 0 Å². The van der Waals surface area contributed by atoms with Crippen LogP contribution in [0.4, 0.5) is 23.2 Å². The molecule has 1 aliphatic carbocycles. The highest BCUT2D eigenvalue weighted by Crippen LogP contribution is 2.46. The lowest BCUT2D eigenvalue weighted by Crippen LogP contribution is -2.31. The molecule has 1 saturated carbocycles. The molecule has 1 saturated heterocycles. The molecule has 6 nitrogen and oxygen atoms in total. The number of aromatic nitrogens is 1. The first-order valence-corrected chi connectivity index (χ1v) is 9.73. The maximum atomic E-state index is 15.1. The van der Waals surface area contributed by atoms with Crippen molar-refractivity contribution in [3.05, 3.63) is 39.4 Å². The summed E-state index contributed by atoms with van der Waals surface area (Å²) in [6, 6.07) is 0.129. The first-order chi connectivity index (χ1) is 14.0. The van der Waals surface area contributed by atoms with Gasteiger partial charge in [-0.2, -0.15) is 13.2 Å². The number of rotatable bonds is 4. The maximum absolute atomic E-state index is 15.1. The minimum atomic E-state index is -4.95. The summed E-state index contributed by atoms with van der Waals surface area (Å²) in [6.45, 7) is 2.14. The third kappa shape index (κ3) is 3.32. The average molecular weight is 427 g/mol. The lowest BCUT2D eigenvalue weighted by atomic mass is 10.0. The van der Waals surface area contributed by atoms with Gasteiger partial charge < -0.3 is 20.3 Å². The standard InChI is InChI=1S/C20H21F4N3O3/c1-9(25)10-4-5-26(7-10)17-14(21)6-12-16(15(17)20(22,23)24)27(11-2-3-11)8-13(18(12)28)19(29)30/h6,8-11H,2-5,7,25H2,1H3,(H,29,30)/t9?,10-/m1/s1. The van der Waals surface area contributed by atoms with Crippen LogP contribution >= 0.6 is 0 Å². The van der Waals surface area contributed by atoms with E-state index in [9.17, 15) is 27.9 Å². The second kappa shape index (κ2) is 6.97. The molecule has 30 heavy (non-hydrogen) atoms. The molecule has 0 radical (unpaired) electrons. The van der Waals surface area contributed by atoms with Crippen molar-refractivity contribution >= 4 is 22.6 Å². The van der Waals surface area contributed by atoms with Crippen molar-refractivity contribution in [1.82, 2.24) is 4.57 Å². The molecule has 0 spiro atoms. The van der Waals surface area contributed by atoms with Crippen LogP contribution in [-0.2, 0) is 6.18 Å². The molecule has 1 unspecified atom stereocenters. The van der Waals surface area contributed by atoms with Crippen LogP contribution in [0.3, 0.4) is 0 Å². The molecule has 10 heteroatoms. The minimum absolute atomic E-state index is 0.0822. The van der Waals surface area contributed by atoms with E-state index in [-0.39, 0.29) is 31.1 Å². The molecular formula is C20H21F4N3O3. The molecule has 162 valence electrons. The van der Waals surface area contributed by atoms with Gasteiger partial charge in [0.05, 0.1) is 16.6 Å². The smallest absolute Gasteiger partial charge is 0.420 e. The number of alkyl halides is 3. The molecular weight excluding hydrogens is 406 g/mol. The number of nitrogens with zero attached hydrogens (tertiary/aromatic N) is 2. The van der Waals surface area contributed by atoms with Crippen LogP contribution in [0.2, 0.25) is 0 Å². The molecule has 2 aliphatic rings. The molecule has 1 aliphatic heterocycles. The Labute approximate surface area is 168 Å². The Morgan fingerprint density at radius 1 is 1.30 bits per heavy atom. The van der Waals surface area contributed by atoms with Gasteiger partial charge in [-0.05, 0) is 38.2 Å². The van der Waals surface area contributed by atoms with Crippen LogP contribution in [0, 0.1) is 11.7 Å². The zero-order valence-electron chi connectivity index (χ0n) is 16.2. The molecule has 2 fully saturated rings. The average Bonchev–Trinajstić information content (AvgIpc) is 3.36. The number of hydrogen-bond acceptors (Lipinski definition) is 4. The van der Waals surface area contributed by atoms with Crippen molar-refractivity contribution in [2.45, 2.75) is 44.4 Å². The summed E-state index contributed by atoms with van der Waals surface area (Å²) < 4.78 is 59.1. The molecule has 1 aromatic carbocycles. The summed E-state index contributed by atoms with van der Waals surface area (Å²) in [5, 5.41) is 8.74. The highest BCUT2D eigenvalue weighted by molar-refractivity contribution is 5.95. The Bertz CT molecular complexity index is 1090. The number of aromatic carboxylic acids is 1. The van der Waals surface area contributed by atoms with Crippen LogP contribution in [0.15, 0.2) is 17.1 Å². The molecule has 2 atom stereocenters. The van der Waals surface area contributed by atoms with Crippen LogP contribution in [0.1, 0.15) is 48.1 Å². The van der Waals surface area contributed by atoms with Crippen LogP contribution in [0.5, 0.6) is 0 Å². The number of hydrogen-bond donors (Lipinski definition) is 2. The van der Waals surface area contributed by atoms with E-state index >= 15 is 4.39 Å².